The molecule has 17 heavy (non-hydrogen) atoms. The molecule has 0 amide bonds. The van der Waals surface area contributed by atoms with E-state index in [1.54, 1.807) is 7.11 Å². The van der Waals surface area contributed by atoms with Crippen molar-refractivity contribution in [2.24, 2.45) is 5.73 Å². The minimum absolute atomic E-state index is 0.716. The number of benzene rings is 1. The van der Waals surface area contributed by atoms with Crippen molar-refractivity contribution in [1.29, 1.82) is 0 Å². The Kier molecular flexibility index (Phi) is 6.67. The van der Waals surface area contributed by atoms with Crippen LogP contribution in [-0.2, 0) is 6.54 Å². The highest BCUT2D eigenvalue weighted by Gasteiger charge is 2.05. The van der Waals surface area contributed by atoms with Gasteiger partial charge in [-0.15, -0.1) is 0 Å². The van der Waals surface area contributed by atoms with E-state index in [9.17, 15) is 0 Å². The zero-order chi connectivity index (χ0) is 12.5. The third-order valence-corrected chi connectivity index (χ3v) is 2.81. The van der Waals surface area contributed by atoms with Gasteiger partial charge in [-0.25, -0.2) is 0 Å². The molecular weight excluding hydrogens is 212 g/mol. The second-order valence-electron chi connectivity index (χ2n) is 4.27. The van der Waals surface area contributed by atoms with Crippen molar-refractivity contribution in [3.05, 3.63) is 29.8 Å². The van der Waals surface area contributed by atoms with Crippen molar-refractivity contribution in [3.63, 3.8) is 0 Å². The first-order valence-electron chi connectivity index (χ1n) is 6.35. The fraction of sp³-hybridized carbons (Fsp3) is 0.571. The predicted molar refractivity (Wildman–Crippen MR) is 72.2 cm³/mol. The fourth-order valence-corrected chi connectivity index (χ4v) is 1.86. The number of hydrogen-bond donors (Lipinski definition) is 1. The Bertz CT molecular complexity index is 315. The molecule has 3 nitrogen and oxygen atoms in total. The highest BCUT2D eigenvalue weighted by Crippen LogP contribution is 2.14. The SMILES string of the molecule is CCCCN(CCN)Cc1cccc(OC)c1. The van der Waals surface area contributed by atoms with E-state index in [4.69, 9.17) is 10.5 Å². The minimum atomic E-state index is 0.716. The van der Waals surface area contributed by atoms with Gasteiger partial charge in [-0.3, -0.25) is 4.90 Å². The second-order valence-corrected chi connectivity index (χ2v) is 4.27. The number of ether oxygens (including phenoxy) is 1. The number of methoxy groups -OCH3 is 1. The topological polar surface area (TPSA) is 38.5 Å². The van der Waals surface area contributed by atoms with E-state index < -0.39 is 0 Å². The normalized spacial score (nSPS) is 10.8. The van der Waals surface area contributed by atoms with Gasteiger partial charge in [0.1, 0.15) is 5.75 Å². The van der Waals surface area contributed by atoms with E-state index in [1.807, 2.05) is 12.1 Å². The van der Waals surface area contributed by atoms with Gasteiger partial charge in [0.2, 0.25) is 0 Å². The molecule has 0 spiro atoms. The summed E-state index contributed by atoms with van der Waals surface area (Å²) in [5.74, 6) is 0.922. The predicted octanol–water partition coefficient (Wildman–Crippen LogP) is 2.26. The molecule has 0 bridgehead atoms. The standard InChI is InChI=1S/C14H24N2O/c1-3-4-9-16(10-8-15)12-13-6-5-7-14(11-13)17-2/h5-7,11H,3-4,8-10,12,15H2,1-2H3. The van der Waals surface area contributed by atoms with Gasteiger partial charge in [-0.2, -0.15) is 0 Å². The molecule has 0 atom stereocenters. The number of rotatable bonds is 8. The van der Waals surface area contributed by atoms with Gasteiger partial charge in [0.25, 0.3) is 0 Å². The quantitative estimate of drug-likeness (QED) is 0.752. The lowest BCUT2D eigenvalue weighted by atomic mass is 10.2. The molecule has 0 unspecified atom stereocenters. The molecule has 0 aliphatic rings. The molecule has 0 radical (unpaired) electrons. The zero-order valence-corrected chi connectivity index (χ0v) is 11.0. The second kappa shape index (κ2) is 8.09. The van der Waals surface area contributed by atoms with Crippen LogP contribution in [-0.4, -0.2) is 31.6 Å². The van der Waals surface area contributed by atoms with Crippen LogP contribution < -0.4 is 10.5 Å². The first-order valence-corrected chi connectivity index (χ1v) is 6.35. The molecule has 0 aromatic heterocycles. The number of hydrogen-bond acceptors (Lipinski definition) is 3. The van der Waals surface area contributed by atoms with E-state index in [1.165, 1.54) is 18.4 Å². The summed E-state index contributed by atoms with van der Waals surface area (Å²) in [5.41, 5.74) is 6.93. The summed E-state index contributed by atoms with van der Waals surface area (Å²) in [6.07, 6.45) is 2.45. The molecule has 0 aliphatic heterocycles. The van der Waals surface area contributed by atoms with Crippen LogP contribution >= 0.6 is 0 Å². The largest absolute Gasteiger partial charge is 0.497 e. The van der Waals surface area contributed by atoms with Crippen molar-refractivity contribution in [1.82, 2.24) is 4.90 Å². The minimum Gasteiger partial charge on any atom is -0.497 e. The summed E-state index contributed by atoms with van der Waals surface area (Å²) in [7, 11) is 1.70. The smallest absolute Gasteiger partial charge is 0.119 e. The van der Waals surface area contributed by atoms with Crippen molar-refractivity contribution in [3.8, 4) is 5.75 Å². The molecule has 1 aromatic carbocycles. The third-order valence-electron chi connectivity index (χ3n) is 2.81. The monoisotopic (exact) mass is 236 g/mol. The summed E-state index contributed by atoms with van der Waals surface area (Å²) in [6.45, 7) is 5.95. The third kappa shape index (κ3) is 5.20. The molecule has 96 valence electrons. The Morgan fingerprint density at radius 3 is 2.76 bits per heavy atom. The van der Waals surface area contributed by atoms with E-state index >= 15 is 0 Å². The van der Waals surface area contributed by atoms with Crippen LogP contribution in [0.1, 0.15) is 25.3 Å². The van der Waals surface area contributed by atoms with Crippen molar-refractivity contribution in [2.45, 2.75) is 26.3 Å². The summed E-state index contributed by atoms with van der Waals surface area (Å²) < 4.78 is 5.23. The lowest BCUT2D eigenvalue weighted by Crippen LogP contribution is -2.30. The Hall–Kier alpha value is -1.06. The summed E-state index contributed by atoms with van der Waals surface area (Å²) in [4.78, 5) is 2.40. The van der Waals surface area contributed by atoms with Crippen LogP contribution in [0.4, 0.5) is 0 Å². The Balaban J connectivity index is 2.57. The lowest BCUT2D eigenvalue weighted by molar-refractivity contribution is 0.268. The van der Waals surface area contributed by atoms with Gasteiger partial charge in [-0.05, 0) is 30.7 Å². The van der Waals surface area contributed by atoms with Gasteiger partial charge in [0, 0.05) is 19.6 Å². The van der Waals surface area contributed by atoms with E-state index in [-0.39, 0.29) is 0 Å². The van der Waals surface area contributed by atoms with Gasteiger partial charge >= 0.3 is 0 Å². The Labute approximate surface area is 105 Å². The van der Waals surface area contributed by atoms with Crippen LogP contribution in [0.3, 0.4) is 0 Å². The Morgan fingerprint density at radius 1 is 1.29 bits per heavy atom. The van der Waals surface area contributed by atoms with Gasteiger partial charge in [0.15, 0.2) is 0 Å². The van der Waals surface area contributed by atoms with Crippen molar-refractivity contribution in [2.75, 3.05) is 26.7 Å². The molecule has 0 aliphatic carbocycles. The maximum absolute atomic E-state index is 5.64. The highest BCUT2D eigenvalue weighted by atomic mass is 16.5. The van der Waals surface area contributed by atoms with E-state index in [0.717, 1.165) is 25.4 Å². The van der Waals surface area contributed by atoms with Crippen LogP contribution in [0.5, 0.6) is 5.75 Å². The molecule has 2 N–H and O–H groups in total. The van der Waals surface area contributed by atoms with Crippen LogP contribution in [0.2, 0.25) is 0 Å². The maximum atomic E-state index is 5.64. The molecule has 1 rings (SSSR count). The van der Waals surface area contributed by atoms with Crippen LogP contribution in [0.15, 0.2) is 24.3 Å². The molecule has 0 heterocycles. The van der Waals surface area contributed by atoms with Crippen molar-refractivity contribution < 1.29 is 4.74 Å². The average molecular weight is 236 g/mol. The molecule has 3 heteroatoms. The average Bonchev–Trinajstić information content (AvgIpc) is 2.36. The van der Waals surface area contributed by atoms with E-state index in [0.29, 0.717) is 6.54 Å². The number of unbranched alkanes of at least 4 members (excludes halogenated alkanes) is 1. The summed E-state index contributed by atoms with van der Waals surface area (Å²) in [5, 5.41) is 0. The summed E-state index contributed by atoms with van der Waals surface area (Å²) >= 11 is 0. The lowest BCUT2D eigenvalue weighted by Gasteiger charge is -2.21. The highest BCUT2D eigenvalue weighted by molar-refractivity contribution is 5.28. The zero-order valence-electron chi connectivity index (χ0n) is 11.0. The molecule has 0 saturated heterocycles. The van der Waals surface area contributed by atoms with Crippen LogP contribution in [0, 0.1) is 0 Å². The Morgan fingerprint density at radius 2 is 2.12 bits per heavy atom. The van der Waals surface area contributed by atoms with Gasteiger partial charge in [0.05, 0.1) is 7.11 Å². The number of nitrogens with zero attached hydrogens (tertiary/aromatic N) is 1. The van der Waals surface area contributed by atoms with Gasteiger partial charge < -0.3 is 10.5 Å². The molecule has 1 aromatic rings. The first kappa shape index (κ1) is 14.0. The molecule has 0 saturated carbocycles. The first-order chi connectivity index (χ1) is 8.30. The van der Waals surface area contributed by atoms with Crippen molar-refractivity contribution >= 4 is 0 Å². The molecular formula is C14H24N2O. The molecule has 0 fully saturated rings. The fourth-order valence-electron chi connectivity index (χ4n) is 1.86. The van der Waals surface area contributed by atoms with Gasteiger partial charge in [-0.1, -0.05) is 25.5 Å². The number of nitrogens with two attached hydrogens (primary N) is 1. The van der Waals surface area contributed by atoms with E-state index in [2.05, 4.69) is 24.0 Å². The summed E-state index contributed by atoms with van der Waals surface area (Å²) in [6, 6.07) is 8.24. The maximum Gasteiger partial charge on any atom is 0.119 e. The van der Waals surface area contributed by atoms with Crippen LogP contribution in [0.25, 0.3) is 0 Å².